The summed E-state index contributed by atoms with van der Waals surface area (Å²) in [5.74, 6) is -0.370. The molecule has 1 unspecified atom stereocenters. The molecule has 1 atom stereocenters. The van der Waals surface area contributed by atoms with Crippen LogP contribution in [-0.2, 0) is 27.5 Å². The van der Waals surface area contributed by atoms with Gasteiger partial charge in [-0.25, -0.2) is 4.79 Å². The largest absolute Gasteiger partial charge is 0.458 e. The minimum atomic E-state index is -0.614. The number of carbonyl (C=O) groups excluding carboxylic acids is 1. The van der Waals surface area contributed by atoms with E-state index in [1.807, 2.05) is 45.0 Å². The molecule has 0 aromatic heterocycles. The second kappa shape index (κ2) is 6.68. The van der Waals surface area contributed by atoms with E-state index in [4.69, 9.17) is 14.6 Å². The summed E-state index contributed by atoms with van der Waals surface area (Å²) in [6, 6.07) is 7.42. The molecule has 4 nitrogen and oxygen atoms in total. The summed E-state index contributed by atoms with van der Waals surface area (Å²) in [5, 5.41) is 9.04. The molecule has 1 aromatic rings. The van der Waals surface area contributed by atoms with Gasteiger partial charge in [0, 0.05) is 0 Å². The zero-order valence-corrected chi connectivity index (χ0v) is 12.0. The highest BCUT2D eigenvalue weighted by atomic mass is 16.6. The smallest absolute Gasteiger partial charge is 0.335 e. The van der Waals surface area contributed by atoms with E-state index in [1.165, 1.54) is 0 Å². The van der Waals surface area contributed by atoms with Crippen LogP contribution in [0.15, 0.2) is 24.3 Å². The van der Waals surface area contributed by atoms with Gasteiger partial charge in [-0.05, 0) is 38.8 Å². The Hall–Kier alpha value is -1.39. The highest BCUT2D eigenvalue weighted by molar-refractivity contribution is 5.74. The van der Waals surface area contributed by atoms with Crippen LogP contribution in [0.3, 0.4) is 0 Å². The minimum Gasteiger partial charge on any atom is -0.458 e. The van der Waals surface area contributed by atoms with Crippen LogP contribution >= 0.6 is 0 Å². The van der Waals surface area contributed by atoms with Gasteiger partial charge in [0.05, 0.1) is 13.2 Å². The predicted octanol–water partition coefficient (Wildman–Crippen LogP) is 2.43. The Labute approximate surface area is 114 Å². The molecular weight excluding hydrogens is 244 g/mol. The van der Waals surface area contributed by atoms with Gasteiger partial charge in [-0.1, -0.05) is 24.3 Å². The van der Waals surface area contributed by atoms with E-state index in [1.54, 1.807) is 6.92 Å². The van der Waals surface area contributed by atoms with Crippen molar-refractivity contribution < 1.29 is 19.4 Å². The van der Waals surface area contributed by atoms with Gasteiger partial charge in [0.25, 0.3) is 0 Å². The molecule has 0 aliphatic heterocycles. The van der Waals surface area contributed by atoms with Crippen molar-refractivity contribution in [3.63, 3.8) is 0 Å². The summed E-state index contributed by atoms with van der Waals surface area (Å²) < 4.78 is 10.7. The minimum absolute atomic E-state index is 0.00450. The van der Waals surface area contributed by atoms with Crippen molar-refractivity contribution in [1.82, 2.24) is 0 Å². The third-order valence-corrected chi connectivity index (χ3v) is 2.41. The topological polar surface area (TPSA) is 55.8 Å². The van der Waals surface area contributed by atoms with Crippen molar-refractivity contribution in [2.45, 2.75) is 52.6 Å². The molecule has 1 N–H and O–H groups in total. The van der Waals surface area contributed by atoms with Gasteiger partial charge in [0.1, 0.15) is 5.60 Å². The maximum Gasteiger partial charge on any atom is 0.335 e. The van der Waals surface area contributed by atoms with Crippen LogP contribution in [0.4, 0.5) is 0 Å². The molecule has 4 heteroatoms. The van der Waals surface area contributed by atoms with E-state index in [-0.39, 0.29) is 12.6 Å². The number of rotatable bonds is 5. The van der Waals surface area contributed by atoms with Crippen molar-refractivity contribution in [2.75, 3.05) is 0 Å². The second-order valence-corrected chi connectivity index (χ2v) is 5.46. The van der Waals surface area contributed by atoms with E-state index in [2.05, 4.69) is 0 Å². The van der Waals surface area contributed by atoms with Gasteiger partial charge in [0.15, 0.2) is 6.10 Å². The van der Waals surface area contributed by atoms with E-state index in [9.17, 15) is 4.79 Å². The maximum absolute atomic E-state index is 11.7. The summed E-state index contributed by atoms with van der Waals surface area (Å²) in [6.07, 6.45) is -0.614. The van der Waals surface area contributed by atoms with Gasteiger partial charge in [-0.15, -0.1) is 0 Å². The zero-order valence-electron chi connectivity index (χ0n) is 12.0. The van der Waals surface area contributed by atoms with Crippen molar-refractivity contribution in [3.8, 4) is 0 Å². The molecule has 0 saturated carbocycles. The molecular formula is C15H22O4. The summed E-state index contributed by atoms with van der Waals surface area (Å²) in [7, 11) is 0. The molecule has 0 spiro atoms. The SMILES string of the molecule is CC(OCc1cccc(CO)c1)C(=O)OC(C)(C)C. The van der Waals surface area contributed by atoms with Crippen molar-refractivity contribution in [2.24, 2.45) is 0 Å². The molecule has 0 fully saturated rings. The Balaban J connectivity index is 2.49. The monoisotopic (exact) mass is 266 g/mol. The zero-order chi connectivity index (χ0) is 14.5. The molecule has 0 aliphatic carbocycles. The Morgan fingerprint density at radius 2 is 1.95 bits per heavy atom. The number of benzene rings is 1. The second-order valence-electron chi connectivity index (χ2n) is 5.46. The average Bonchev–Trinajstić information content (AvgIpc) is 2.34. The van der Waals surface area contributed by atoms with Crippen molar-refractivity contribution >= 4 is 5.97 Å². The predicted molar refractivity (Wildman–Crippen MR) is 72.5 cm³/mol. The first-order valence-electron chi connectivity index (χ1n) is 6.35. The summed E-state index contributed by atoms with van der Waals surface area (Å²) in [4.78, 5) is 11.7. The third-order valence-electron chi connectivity index (χ3n) is 2.41. The molecule has 106 valence electrons. The first-order chi connectivity index (χ1) is 8.81. The van der Waals surface area contributed by atoms with Crippen LogP contribution in [0.1, 0.15) is 38.8 Å². The average molecular weight is 266 g/mol. The highest BCUT2D eigenvalue weighted by Crippen LogP contribution is 2.12. The number of carbonyl (C=O) groups is 1. The van der Waals surface area contributed by atoms with E-state index in [0.717, 1.165) is 11.1 Å². The van der Waals surface area contributed by atoms with Gasteiger partial charge < -0.3 is 14.6 Å². The van der Waals surface area contributed by atoms with Crippen molar-refractivity contribution in [3.05, 3.63) is 35.4 Å². The van der Waals surface area contributed by atoms with E-state index < -0.39 is 11.7 Å². The van der Waals surface area contributed by atoms with Gasteiger partial charge in [0.2, 0.25) is 0 Å². The Morgan fingerprint density at radius 1 is 1.32 bits per heavy atom. The number of esters is 1. The molecule has 0 aliphatic rings. The molecule has 0 heterocycles. The number of hydrogen-bond acceptors (Lipinski definition) is 4. The molecule has 0 radical (unpaired) electrons. The van der Waals surface area contributed by atoms with E-state index >= 15 is 0 Å². The molecule has 0 saturated heterocycles. The normalized spacial score (nSPS) is 13.1. The van der Waals surface area contributed by atoms with Gasteiger partial charge in [-0.2, -0.15) is 0 Å². The molecule has 0 bridgehead atoms. The van der Waals surface area contributed by atoms with Gasteiger partial charge in [-0.3, -0.25) is 0 Å². The Morgan fingerprint density at radius 3 is 2.53 bits per heavy atom. The summed E-state index contributed by atoms with van der Waals surface area (Å²) >= 11 is 0. The first kappa shape index (κ1) is 15.7. The van der Waals surface area contributed by atoms with Crippen LogP contribution < -0.4 is 0 Å². The third kappa shape index (κ3) is 5.85. The summed E-state index contributed by atoms with van der Waals surface area (Å²) in [6.45, 7) is 7.45. The number of aliphatic hydroxyl groups is 1. The van der Waals surface area contributed by atoms with Crippen LogP contribution in [0, 0.1) is 0 Å². The fourth-order valence-electron chi connectivity index (χ4n) is 1.49. The number of ether oxygens (including phenoxy) is 2. The maximum atomic E-state index is 11.7. The molecule has 19 heavy (non-hydrogen) atoms. The quantitative estimate of drug-likeness (QED) is 0.832. The standard InChI is InChI=1S/C15H22O4/c1-11(14(17)19-15(2,3)4)18-10-13-7-5-6-12(8-13)9-16/h5-8,11,16H,9-10H2,1-4H3. The lowest BCUT2D eigenvalue weighted by Gasteiger charge is -2.22. The molecule has 1 aromatic carbocycles. The lowest BCUT2D eigenvalue weighted by atomic mass is 10.1. The van der Waals surface area contributed by atoms with Crippen LogP contribution in [-0.4, -0.2) is 22.8 Å². The Kier molecular flexibility index (Phi) is 5.51. The van der Waals surface area contributed by atoms with Gasteiger partial charge >= 0.3 is 5.97 Å². The fraction of sp³-hybridized carbons (Fsp3) is 0.533. The van der Waals surface area contributed by atoms with Crippen LogP contribution in [0.5, 0.6) is 0 Å². The molecule has 0 amide bonds. The molecule has 1 rings (SSSR count). The number of aliphatic hydroxyl groups excluding tert-OH is 1. The van der Waals surface area contributed by atoms with E-state index in [0.29, 0.717) is 6.61 Å². The number of hydrogen-bond donors (Lipinski definition) is 1. The van der Waals surface area contributed by atoms with Crippen LogP contribution in [0.2, 0.25) is 0 Å². The Bertz CT molecular complexity index is 420. The first-order valence-corrected chi connectivity index (χ1v) is 6.35. The lowest BCUT2D eigenvalue weighted by molar-refractivity contribution is -0.168. The highest BCUT2D eigenvalue weighted by Gasteiger charge is 2.22. The summed E-state index contributed by atoms with van der Waals surface area (Å²) in [5.41, 5.74) is 1.24. The van der Waals surface area contributed by atoms with Crippen molar-refractivity contribution in [1.29, 1.82) is 0 Å². The fourth-order valence-corrected chi connectivity index (χ4v) is 1.49. The lowest BCUT2D eigenvalue weighted by Crippen LogP contribution is -2.31. The van der Waals surface area contributed by atoms with Crippen LogP contribution in [0.25, 0.3) is 0 Å².